The molecule has 0 amide bonds. The Kier molecular flexibility index (Phi) is 13.1. The van der Waals surface area contributed by atoms with Crippen molar-refractivity contribution in [1.82, 2.24) is 0 Å². The summed E-state index contributed by atoms with van der Waals surface area (Å²) >= 11 is 0. The number of carbonyl (C=O) groups excluding carboxylic acids is 5. The number of rotatable bonds is 15. The molecule has 0 aliphatic heterocycles. The zero-order chi connectivity index (χ0) is 32.1. The Morgan fingerprint density at radius 3 is 1.44 bits per heavy atom. The highest BCUT2D eigenvalue weighted by Crippen LogP contribution is 2.29. The lowest BCUT2D eigenvalue weighted by atomic mass is 9.98. The highest BCUT2D eigenvalue weighted by Gasteiger charge is 2.17. The van der Waals surface area contributed by atoms with Crippen LogP contribution in [0.25, 0.3) is 11.1 Å². The maximum Gasteiger partial charge on any atom is 0.338 e. The summed E-state index contributed by atoms with van der Waals surface area (Å²) < 4.78 is 26.0. The summed E-state index contributed by atoms with van der Waals surface area (Å²) in [5, 5.41) is 0. The number of aryl methyl sites for hydroxylation is 1. The van der Waals surface area contributed by atoms with Crippen LogP contribution in [0.5, 0.6) is 5.75 Å². The van der Waals surface area contributed by atoms with Crippen molar-refractivity contribution >= 4 is 29.8 Å². The maximum absolute atomic E-state index is 12.9. The number of carbonyl (C=O) groups is 5. The van der Waals surface area contributed by atoms with Gasteiger partial charge in [-0.1, -0.05) is 25.8 Å². The predicted molar refractivity (Wildman–Crippen MR) is 158 cm³/mol. The molecule has 2 rings (SSSR count). The van der Waals surface area contributed by atoms with Gasteiger partial charge in [0, 0.05) is 29.6 Å². The molecule has 0 aliphatic rings. The standard InChI is InChI=1S/C33H36O10/c1-20(2)29(34)39-12-8-14-41-32(37)26-17-25(24-10-11-28(23(7)16-24)43-31(36)22(5)6)18-27(19-26)33(38)42-15-9-13-40-30(35)21(3)4/h10-11,16-19H,1,3,5,8-9,12-15H2,2,4,6-7H3. The molecule has 0 aromatic heterocycles. The van der Waals surface area contributed by atoms with Crippen molar-refractivity contribution in [2.45, 2.75) is 40.5 Å². The Bertz CT molecular complexity index is 1370. The minimum Gasteiger partial charge on any atom is -0.462 e. The molecule has 0 heterocycles. The van der Waals surface area contributed by atoms with Gasteiger partial charge >= 0.3 is 29.8 Å². The topological polar surface area (TPSA) is 132 Å². The summed E-state index contributed by atoms with van der Waals surface area (Å²) in [6.07, 6.45) is 0.526. The lowest BCUT2D eigenvalue weighted by molar-refractivity contribution is -0.140. The zero-order valence-corrected chi connectivity index (χ0v) is 24.9. The summed E-state index contributed by atoms with van der Waals surface area (Å²) in [4.78, 5) is 60.8. The Balaban J connectivity index is 2.23. The quantitative estimate of drug-likeness (QED) is 0.0861. The third kappa shape index (κ3) is 11.1. The smallest absolute Gasteiger partial charge is 0.338 e. The van der Waals surface area contributed by atoms with E-state index in [9.17, 15) is 24.0 Å². The van der Waals surface area contributed by atoms with Crippen LogP contribution in [-0.2, 0) is 33.3 Å². The molecular weight excluding hydrogens is 556 g/mol. The van der Waals surface area contributed by atoms with E-state index >= 15 is 0 Å². The van der Waals surface area contributed by atoms with Gasteiger partial charge < -0.3 is 23.7 Å². The molecule has 0 unspecified atom stereocenters. The highest BCUT2D eigenvalue weighted by atomic mass is 16.6. The second-order valence-electron chi connectivity index (χ2n) is 9.76. The van der Waals surface area contributed by atoms with Gasteiger partial charge in [-0.25, -0.2) is 24.0 Å². The minimum absolute atomic E-state index is 0.0306. The van der Waals surface area contributed by atoms with Crippen LogP contribution < -0.4 is 4.74 Å². The highest BCUT2D eigenvalue weighted by molar-refractivity contribution is 5.97. The van der Waals surface area contributed by atoms with Gasteiger partial charge in [-0.15, -0.1) is 0 Å². The molecule has 0 radical (unpaired) electrons. The van der Waals surface area contributed by atoms with Crippen LogP contribution in [0.15, 0.2) is 72.9 Å². The molecule has 0 saturated carbocycles. The molecule has 0 saturated heterocycles. The van der Waals surface area contributed by atoms with Gasteiger partial charge in [0.05, 0.1) is 37.6 Å². The molecule has 0 fully saturated rings. The van der Waals surface area contributed by atoms with E-state index in [1.54, 1.807) is 44.2 Å². The van der Waals surface area contributed by atoms with Crippen LogP contribution in [-0.4, -0.2) is 56.3 Å². The fraction of sp³-hybridized carbons (Fsp3) is 0.303. The number of ether oxygens (including phenoxy) is 5. The monoisotopic (exact) mass is 592 g/mol. The summed E-state index contributed by atoms with van der Waals surface area (Å²) in [6, 6.07) is 9.50. The predicted octanol–water partition coefficient (Wildman–Crippen LogP) is 5.48. The lowest BCUT2D eigenvalue weighted by Crippen LogP contribution is -2.13. The van der Waals surface area contributed by atoms with E-state index in [0.29, 0.717) is 22.4 Å². The number of hydrogen-bond acceptors (Lipinski definition) is 10. The maximum atomic E-state index is 12.9. The first kappa shape index (κ1) is 34.2. The molecule has 0 aliphatic carbocycles. The van der Waals surface area contributed by atoms with E-state index in [1.807, 2.05) is 0 Å². The van der Waals surface area contributed by atoms with Crippen LogP contribution >= 0.6 is 0 Å². The van der Waals surface area contributed by atoms with Gasteiger partial charge in [-0.3, -0.25) is 0 Å². The first-order valence-electron chi connectivity index (χ1n) is 13.4. The van der Waals surface area contributed by atoms with E-state index in [4.69, 9.17) is 23.7 Å². The SMILES string of the molecule is C=C(C)C(=O)OCCCOC(=O)c1cc(C(=O)OCCCOC(=O)C(=C)C)cc(-c2ccc(OC(=O)C(=C)C)c(C)c2)c1. The normalized spacial score (nSPS) is 10.2. The average molecular weight is 593 g/mol. The van der Waals surface area contributed by atoms with Crippen molar-refractivity contribution < 1.29 is 47.7 Å². The van der Waals surface area contributed by atoms with Crippen LogP contribution in [0.2, 0.25) is 0 Å². The number of hydrogen-bond donors (Lipinski definition) is 0. The van der Waals surface area contributed by atoms with Gasteiger partial charge in [-0.05, 0) is 74.7 Å². The number of benzene rings is 2. The molecule has 0 N–H and O–H groups in total. The van der Waals surface area contributed by atoms with Gasteiger partial charge in [0.25, 0.3) is 0 Å². The first-order chi connectivity index (χ1) is 20.3. The fourth-order valence-corrected chi connectivity index (χ4v) is 3.35. The van der Waals surface area contributed by atoms with Crippen molar-refractivity contribution in [2.24, 2.45) is 0 Å². The molecular formula is C33H36O10. The van der Waals surface area contributed by atoms with Gasteiger partial charge in [-0.2, -0.15) is 0 Å². The summed E-state index contributed by atoms with van der Waals surface area (Å²) in [6.45, 7) is 17.0. The van der Waals surface area contributed by atoms with Crippen molar-refractivity contribution in [3.8, 4) is 16.9 Å². The Morgan fingerprint density at radius 1 is 0.581 bits per heavy atom. The molecule has 0 bridgehead atoms. The number of esters is 5. The van der Waals surface area contributed by atoms with Crippen molar-refractivity contribution in [3.63, 3.8) is 0 Å². The molecule has 43 heavy (non-hydrogen) atoms. The van der Waals surface area contributed by atoms with Crippen LogP contribution in [0.3, 0.4) is 0 Å². The van der Waals surface area contributed by atoms with E-state index in [-0.39, 0.29) is 67.1 Å². The van der Waals surface area contributed by atoms with E-state index in [0.717, 1.165) is 0 Å². The second-order valence-corrected chi connectivity index (χ2v) is 9.76. The lowest BCUT2D eigenvalue weighted by Gasteiger charge is -2.13. The Labute approximate surface area is 250 Å². The molecule has 2 aromatic carbocycles. The average Bonchev–Trinajstić information content (AvgIpc) is 2.96. The molecule has 10 nitrogen and oxygen atoms in total. The molecule has 0 atom stereocenters. The molecule has 228 valence electrons. The first-order valence-corrected chi connectivity index (χ1v) is 13.4. The summed E-state index contributed by atoms with van der Waals surface area (Å²) in [5.41, 5.74) is 2.74. The van der Waals surface area contributed by atoms with E-state index in [1.165, 1.54) is 19.9 Å². The molecule has 10 heteroatoms. The van der Waals surface area contributed by atoms with Crippen LogP contribution in [0.4, 0.5) is 0 Å². The van der Waals surface area contributed by atoms with E-state index in [2.05, 4.69) is 19.7 Å². The summed E-state index contributed by atoms with van der Waals surface area (Å²) in [7, 11) is 0. The van der Waals surface area contributed by atoms with Crippen molar-refractivity contribution in [1.29, 1.82) is 0 Å². The van der Waals surface area contributed by atoms with Crippen molar-refractivity contribution in [2.75, 3.05) is 26.4 Å². The van der Waals surface area contributed by atoms with E-state index < -0.39 is 29.8 Å². The zero-order valence-electron chi connectivity index (χ0n) is 24.9. The molecule has 2 aromatic rings. The Hall–Kier alpha value is -4.99. The second kappa shape index (κ2) is 16.5. The van der Waals surface area contributed by atoms with Crippen LogP contribution in [0, 0.1) is 6.92 Å². The largest absolute Gasteiger partial charge is 0.462 e. The Morgan fingerprint density at radius 2 is 1.02 bits per heavy atom. The van der Waals surface area contributed by atoms with Crippen molar-refractivity contribution in [3.05, 3.63) is 89.5 Å². The van der Waals surface area contributed by atoms with Gasteiger partial charge in [0.2, 0.25) is 0 Å². The third-order valence-electron chi connectivity index (χ3n) is 5.67. The fourth-order valence-electron chi connectivity index (χ4n) is 3.35. The third-order valence-corrected chi connectivity index (χ3v) is 5.67. The minimum atomic E-state index is -0.697. The van der Waals surface area contributed by atoms with Gasteiger partial charge in [0.1, 0.15) is 5.75 Å². The van der Waals surface area contributed by atoms with Crippen LogP contribution in [0.1, 0.15) is 59.9 Å². The molecule has 0 spiro atoms. The summed E-state index contributed by atoms with van der Waals surface area (Å²) in [5.74, 6) is -2.69. The van der Waals surface area contributed by atoms with Gasteiger partial charge in [0.15, 0.2) is 0 Å².